The third kappa shape index (κ3) is 6.03. The molecule has 10 heteroatoms. The fourth-order valence-electron chi connectivity index (χ4n) is 5.41. The Morgan fingerprint density at radius 2 is 1.70 bits per heavy atom. The number of thiazole rings is 1. The van der Waals surface area contributed by atoms with Crippen LogP contribution in [0.2, 0.25) is 0 Å². The Labute approximate surface area is 270 Å². The highest BCUT2D eigenvalue weighted by molar-refractivity contribution is 7.07. The zero-order chi connectivity index (χ0) is 32.2. The molecule has 3 aromatic carbocycles. The number of hydrogen-bond acceptors (Lipinski definition) is 8. The van der Waals surface area contributed by atoms with Gasteiger partial charge < -0.3 is 14.2 Å². The van der Waals surface area contributed by atoms with Crippen molar-refractivity contribution in [3.05, 3.63) is 127 Å². The molecule has 0 N–H and O–H groups in total. The molecule has 0 fully saturated rings. The fraction of sp³-hybridized carbons (Fsp3) is 0.222. The fourth-order valence-corrected chi connectivity index (χ4v) is 6.45. The van der Waals surface area contributed by atoms with Gasteiger partial charge in [-0.25, -0.2) is 14.5 Å². The van der Waals surface area contributed by atoms with Crippen LogP contribution in [0.15, 0.2) is 106 Å². The molecule has 1 aliphatic heterocycles. The second-order valence-corrected chi connectivity index (χ2v) is 11.8. The second kappa shape index (κ2) is 13.4. The van der Waals surface area contributed by atoms with Crippen molar-refractivity contribution >= 4 is 23.4 Å². The Kier molecular flexibility index (Phi) is 8.98. The van der Waals surface area contributed by atoms with E-state index >= 15 is 0 Å². The summed E-state index contributed by atoms with van der Waals surface area (Å²) in [7, 11) is 2.92. The van der Waals surface area contributed by atoms with E-state index in [0.717, 1.165) is 41.0 Å². The number of allylic oxidation sites excluding steroid dienone is 1. The second-order valence-electron chi connectivity index (χ2n) is 10.8. The Balaban J connectivity index is 1.49. The van der Waals surface area contributed by atoms with Crippen molar-refractivity contribution in [2.45, 2.75) is 32.7 Å². The molecule has 0 bridgehead atoms. The zero-order valence-corrected chi connectivity index (χ0v) is 26.9. The monoisotopic (exact) mass is 634 g/mol. The first-order chi connectivity index (χ1) is 22.4. The van der Waals surface area contributed by atoms with Gasteiger partial charge in [0.15, 0.2) is 4.80 Å². The van der Waals surface area contributed by atoms with Gasteiger partial charge in [-0.15, -0.1) is 0 Å². The van der Waals surface area contributed by atoms with Gasteiger partial charge in [0.1, 0.15) is 17.2 Å². The summed E-state index contributed by atoms with van der Waals surface area (Å²) in [5.74, 6) is 0.926. The van der Waals surface area contributed by atoms with E-state index in [9.17, 15) is 9.59 Å². The number of esters is 1. The van der Waals surface area contributed by atoms with Crippen LogP contribution in [0.4, 0.5) is 0 Å². The number of carbonyl (C=O) groups excluding carboxylic acids is 1. The quantitative estimate of drug-likeness (QED) is 0.150. The molecule has 46 heavy (non-hydrogen) atoms. The third-order valence-electron chi connectivity index (χ3n) is 7.80. The molecule has 5 aromatic rings. The first-order valence-corrected chi connectivity index (χ1v) is 15.9. The number of unbranched alkanes of at least 4 members (excludes halogenated alkanes) is 1. The molecule has 0 radical (unpaired) electrons. The highest BCUT2D eigenvalue weighted by atomic mass is 32.1. The summed E-state index contributed by atoms with van der Waals surface area (Å²) in [5.41, 5.74) is 4.54. The van der Waals surface area contributed by atoms with Crippen molar-refractivity contribution in [1.82, 2.24) is 14.3 Å². The van der Waals surface area contributed by atoms with Crippen molar-refractivity contribution in [1.29, 1.82) is 0 Å². The Hall–Kier alpha value is -5.22. The maximum Gasteiger partial charge on any atom is 0.338 e. The van der Waals surface area contributed by atoms with Crippen molar-refractivity contribution < 1.29 is 19.0 Å². The Morgan fingerprint density at radius 1 is 0.978 bits per heavy atom. The largest absolute Gasteiger partial charge is 0.497 e. The van der Waals surface area contributed by atoms with E-state index in [2.05, 4.69) is 11.9 Å². The smallest absolute Gasteiger partial charge is 0.338 e. The molecule has 9 nitrogen and oxygen atoms in total. The number of nitrogens with zero attached hydrogens (tertiary/aromatic N) is 4. The van der Waals surface area contributed by atoms with E-state index < -0.39 is 12.0 Å². The van der Waals surface area contributed by atoms with E-state index in [0.29, 0.717) is 38.7 Å². The predicted octanol–water partition coefficient (Wildman–Crippen LogP) is 5.45. The van der Waals surface area contributed by atoms with Crippen molar-refractivity contribution in [3.63, 3.8) is 0 Å². The van der Waals surface area contributed by atoms with E-state index in [1.807, 2.05) is 83.7 Å². The van der Waals surface area contributed by atoms with Crippen molar-refractivity contribution in [2.24, 2.45) is 4.99 Å². The number of ether oxygens (including phenoxy) is 3. The average Bonchev–Trinajstić information content (AvgIpc) is 3.65. The molecule has 0 saturated heterocycles. The molecule has 1 aliphatic rings. The summed E-state index contributed by atoms with van der Waals surface area (Å²) >= 11 is 1.27. The number of hydrogen-bond donors (Lipinski definition) is 0. The Bertz CT molecular complexity index is 2080. The van der Waals surface area contributed by atoms with Crippen LogP contribution in [-0.2, 0) is 9.53 Å². The molecule has 0 aliphatic carbocycles. The lowest BCUT2D eigenvalue weighted by atomic mass is 9.96. The number of fused-ring (bicyclic) bond motifs is 1. The number of carbonyl (C=O) groups is 1. The number of benzene rings is 3. The minimum atomic E-state index is -0.719. The van der Waals surface area contributed by atoms with Crippen molar-refractivity contribution in [3.8, 4) is 28.4 Å². The molecular formula is C36H34N4O5S. The van der Waals surface area contributed by atoms with Gasteiger partial charge in [0.2, 0.25) is 0 Å². The van der Waals surface area contributed by atoms with E-state index in [4.69, 9.17) is 19.3 Å². The first-order valence-electron chi connectivity index (χ1n) is 15.0. The average molecular weight is 635 g/mol. The summed E-state index contributed by atoms with van der Waals surface area (Å²) in [6.45, 7) is 4.56. The molecule has 1 atom stereocenters. The molecule has 2 aromatic heterocycles. The van der Waals surface area contributed by atoms with Gasteiger partial charge in [0.05, 0.1) is 48.4 Å². The highest BCUT2D eigenvalue weighted by Gasteiger charge is 2.33. The topological polar surface area (TPSA) is 96.9 Å². The molecule has 6 rings (SSSR count). The maximum absolute atomic E-state index is 14.2. The number of methoxy groups -OCH3 is 2. The Morgan fingerprint density at radius 3 is 2.37 bits per heavy atom. The van der Waals surface area contributed by atoms with Crippen LogP contribution >= 0.6 is 11.3 Å². The van der Waals surface area contributed by atoms with Gasteiger partial charge in [0.25, 0.3) is 5.56 Å². The van der Waals surface area contributed by atoms with E-state index in [1.54, 1.807) is 30.7 Å². The van der Waals surface area contributed by atoms with Crippen molar-refractivity contribution in [2.75, 3.05) is 20.8 Å². The van der Waals surface area contributed by atoms with Gasteiger partial charge in [-0.2, -0.15) is 5.10 Å². The molecule has 0 amide bonds. The van der Waals surface area contributed by atoms with Crippen LogP contribution < -0.4 is 24.4 Å². The van der Waals surface area contributed by atoms with Gasteiger partial charge in [-0.3, -0.25) is 9.36 Å². The summed E-state index contributed by atoms with van der Waals surface area (Å²) < 4.78 is 20.2. The summed E-state index contributed by atoms with van der Waals surface area (Å²) in [4.78, 5) is 32.4. The summed E-state index contributed by atoms with van der Waals surface area (Å²) in [6, 6.07) is 24.2. The molecular weight excluding hydrogens is 600 g/mol. The van der Waals surface area contributed by atoms with Crippen LogP contribution in [-0.4, -0.2) is 41.1 Å². The van der Waals surface area contributed by atoms with Gasteiger partial charge >= 0.3 is 5.97 Å². The third-order valence-corrected chi connectivity index (χ3v) is 8.79. The standard InChI is InChI=1S/C36H34N4O5S/c1-5-6-20-45-29-18-12-24(13-19-29)32-26(22-39(38-32)27-10-8-7-9-11-27)21-30-34(41)40-33(25-14-16-28(43-3)17-15-25)31(35(42)44-4)23(2)37-36(40)46-30/h7-19,21-22,33H,5-6,20H2,1-4H3. The minimum absolute atomic E-state index is 0.267. The lowest BCUT2D eigenvalue weighted by Gasteiger charge is -2.24. The minimum Gasteiger partial charge on any atom is -0.497 e. The summed E-state index contributed by atoms with van der Waals surface area (Å²) in [6.07, 6.45) is 5.82. The van der Waals surface area contributed by atoms with Crippen LogP contribution in [0.25, 0.3) is 23.0 Å². The molecule has 0 spiro atoms. The summed E-state index contributed by atoms with van der Waals surface area (Å²) in [5, 5.41) is 4.94. The lowest BCUT2D eigenvalue weighted by molar-refractivity contribution is -0.136. The van der Waals surface area contributed by atoms with Crippen LogP contribution in [0, 0.1) is 0 Å². The van der Waals surface area contributed by atoms with Gasteiger partial charge in [0, 0.05) is 17.3 Å². The number of para-hydroxylation sites is 1. The van der Waals surface area contributed by atoms with Crippen LogP contribution in [0.1, 0.15) is 43.9 Å². The SMILES string of the molecule is CCCCOc1ccc(-c2nn(-c3ccccc3)cc2C=c2sc3n(c2=O)C(c2ccc(OC)cc2)C(C(=O)OC)=C(C)N=3)cc1. The normalized spacial score (nSPS) is 14.5. The van der Waals surface area contributed by atoms with E-state index in [-0.39, 0.29) is 5.56 Å². The number of rotatable bonds is 10. The number of aromatic nitrogens is 3. The molecule has 1 unspecified atom stereocenters. The molecule has 0 saturated carbocycles. The predicted molar refractivity (Wildman–Crippen MR) is 178 cm³/mol. The maximum atomic E-state index is 14.2. The van der Waals surface area contributed by atoms with Gasteiger partial charge in [-0.1, -0.05) is 55.0 Å². The molecule has 3 heterocycles. The highest BCUT2D eigenvalue weighted by Crippen LogP contribution is 2.32. The van der Waals surface area contributed by atoms with E-state index in [1.165, 1.54) is 18.4 Å². The first kappa shape index (κ1) is 30.8. The zero-order valence-electron chi connectivity index (χ0n) is 26.1. The molecule has 234 valence electrons. The van der Waals surface area contributed by atoms with Crippen LogP contribution in [0.3, 0.4) is 0 Å². The van der Waals surface area contributed by atoms with Gasteiger partial charge in [-0.05, 0) is 73.5 Å². The lowest BCUT2D eigenvalue weighted by Crippen LogP contribution is -2.39. The van der Waals surface area contributed by atoms with Crippen LogP contribution in [0.5, 0.6) is 11.5 Å².